The summed E-state index contributed by atoms with van der Waals surface area (Å²) in [6.07, 6.45) is 0. The van der Waals surface area contributed by atoms with Gasteiger partial charge in [0.25, 0.3) is 0 Å². The van der Waals surface area contributed by atoms with Crippen molar-refractivity contribution in [2.24, 2.45) is 0 Å². The Morgan fingerprint density at radius 1 is 1.00 bits per heavy atom. The summed E-state index contributed by atoms with van der Waals surface area (Å²) >= 11 is 0. The van der Waals surface area contributed by atoms with Gasteiger partial charge in [0.1, 0.15) is 17.2 Å². The number of aromatic hydroxyl groups is 1. The Labute approximate surface area is 116 Å². The molecule has 0 aliphatic rings. The lowest BCUT2D eigenvalue weighted by molar-refractivity contribution is -0.128. The minimum Gasteiger partial charge on any atom is -0.508 e. The molecular weight excluding hydrogens is 256 g/mol. The number of hydrogen-bond acceptors (Lipinski definition) is 4. The van der Waals surface area contributed by atoms with E-state index in [2.05, 4.69) is 11.8 Å². The van der Waals surface area contributed by atoms with Gasteiger partial charge in [0.2, 0.25) is 0 Å². The van der Waals surface area contributed by atoms with Gasteiger partial charge in [-0.05, 0) is 48.5 Å². The average molecular weight is 268 g/mol. The highest BCUT2D eigenvalue weighted by atomic mass is 16.5. The van der Waals surface area contributed by atoms with Gasteiger partial charge in [-0.25, -0.2) is 4.79 Å². The van der Waals surface area contributed by atoms with Crippen molar-refractivity contribution in [3.05, 3.63) is 54.1 Å². The molecule has 2 rings (SSSR count). The van der Waals surface area contributed by atoms with Gasteiger partial charge in [0.05, 0.1) is 7.11 Å². The van der Waals surface area contributed by atoms with Crippen LogP contribution in [0, 0.1) is 11.8 Å². The maximum Gasteiger partial charge on any atom is 0.390 e. The fraction of sp³-hybridized carbons (Fsp3) is 0.0625. The number of phenols is 1. The van der Waals surface area contributed by atoms with Crippen LogP contribution in [0.3, 0.4) is 0 Å². The smallest absolute Gasteiger partial charge is 0.390 e. The van der Waals surface area contributed by atoms with Gasteiger partial charge >= 0.3 is 5.97 Å². The SMILES string of the molecule is COc1ccc(C#CC(=O)Oc2ccc(O)cc2)cc1. The van der Waals surface area contributed by atoms with Crippen LogP contribution in [0.1, 0.15) is 5.56 Å². The molecule has 4 heteroatoms. The van der Waals surface area contributed by atoms with E-state index in [0.717, 1.165) is 5.75 Å². The molecule has 0 saturated heterocycles. The van der Waals surface area contributed by atoms with Crippen molar-refractivity contribution in [1.29, 1.82) is 0 Å². The van der Waals surface area contributed by atoms with Crippen LogP contribution in [0.25, 0.3) is 0 Å². The maximum absolute atomic E-state index is 11.5. The molecule has 0 fully saturated rings. The van der Waals surface area contributed by atoms with Gasteiger partial charge in [-0.15, -0.1) is 0 Å². The molecule has 0 aliphatic heterocycles. The van der Waals surface area contributed by atoms with Crippen LogP contribution < -0.4 is 9.47 Å². The Kier molecular flexibility index (Phi) is 4.25. The number of esters is 1. The lowest BCUT2D eigenvalue weighted by Gasteiger charge is -1.99. The normalized spacial score (nSPS) is 9.25. The van der Waals surface area contributed by atoms with Crippen molar-refractivity contribution in [2.75, 3.05) is 7.11 Å². The van der Waals surface area contributed by atoms with E-state index in [-0.39, 0.29) is 5.75 Å². The van der Waals surface area contributed by atoms with E-state index in [1.165, 1.54) is 24.3 Å². The molecule has 4 nitrogen and oxygen atoms in total. The Bertz CT molecular complexity index is 646. The predicted octanol–water partition coefficient (Wildman–Crippen LogP) is 2.36. The summed E-state index contributed by atoms with van der Waals surface area (Å²) in [7, 11) is 1.58. The zero-order chi connectivity index (χ0) is 14.4. The monoisotopic (exact) mass is 268 g/mol. The van der Waals surface area contributed by atoms with E-state index in [9.17, 15) is 4.79 Å². The first-order chi connectivity index (χ1) is 9.67. The molecule has 2 aromatic carbocycles. The number of carbonyl (C=O) groups is 1. The first-order valence-corrected chi connectivity index (χ1v) is 5.84. The van der Waals surface area contributed by atoms with Crippen molar-refractivity contribution >= 4 is 5.97 Å². The van der Waals surface area contributed by atoms with Gasteiger partial charge in [-0.3, -0.25) is 0 Å². The van der Waals surface area contributed by atoms with Crippen molar-refractivity contribution in [3.8, 4) is 29.1 Å². The van der Waals surface area contributed by atoms with Crippen LogP contribution in [0.4, 0.5) is 0 Å². The Morgan fingerprint density at radius 3 is 2.20 bits per heavy atom. The Balaban J connectivity index is 2.00. The zero-order valence-corrected chi connectivity index (χ0v) is 10.8. The van der Waals surface area contributed by atoms with Crippen LogP contribution >= 0.6 is 0 Å². The molecule has 0 spiro atoms. The van der Waals surface area contributed by atoms with Gasteiger partial charge in [0.15, 0.2) is 0 Å². The molecule has 0 aromatic heterocycles. The van der Waals surface area contributed by atoms with Crippen LogP contribution in [-0.4, -0.2) is 18.2 Å². The molecule has 0 bridgehead atoms. The average Bonchev–Trinajstić information content (AvgIpc) is 2.48. The first-order valence-electron chi connectivity index (χ1n) is 5.84. The van der Waals surface area contributed by atoms with Crippen molar-refractivity contribution in [1.82, 2.24) is 0 Å². The standard InChI is InChI=1S/C16H12O4/c1-19-14-7-2-12(3-8-14)4-11-16(18)20-15-9-5-13(17)6-10-15/h2-3,5-10,17H,1H3. The molecule has 1 N–H and O–H groups in total. The third-order valence-electron chi connectivity index (χ3n) is 2.45. The highest BCUT2D eigenvalue weighted by Crippen LogP contribution is 2.15. The summed E-state index contributed by atoms with van der Waals surface area (Å²) in [4.78, 5) is 11.5. The molecule has 0 aliphatic carbocycles. The van der Waals surface area contributed by atoms with Crippen molar-refractivity contribution < 1.29 is 19.4 Å². The Hall–Kier alpha value is -2.93. The summed E-state index contributed by atoms with van der Waals surface area (Å²) < 4.78 is 10.0. The second-order valence-electron chi connectivity index (χ2n) is 3.86. The summed E-state index contributed by atoms with van der Waals surface area (Å²) in [6, 6.07) is 12.9. The second kappa shape index (κ2) is 6.30. The third kappa shape index (κ3) is 3.79. The van der Waals surface area contributed by atoms with Gasteiger partial charge in [-0.1, -0.05) is 5.92 Å². The fourth-order valence-corrected chi connectivity index (χ4v) is 1.44. The minimum atomic E-state index is -0.661. The predicted molar refractivity (Wildman–Crippen MR) is 73.6 cm³/mol. The number of methoxy groups -OCH3 is 1. The summed E-state index contributed by atoms with van der Waals surface area (Å²) in [6.45, 7) is 0. The number of hydrogen-bond donors (Lipinski definition) is 1. The van der Waals surface area contributed by atoms with Crippen LogP contribution in [0.5, 0.6) is 17.2 Å². The first kappa shape index (κ1) is 13.5. The molecule has 0 unspecified atom stereocenters. The fourth-order valence-electron chi connectivity index (χ4n) is 1.44. The Morgan fingerprint density at radius 2 is 1.60 bits per heavy atom. The molecule has 20 heavy (non-hydrogen) atoms. The quantitative estimate of drug-likeness (QED) is 0.516. The van der Waals surface area contributed by atoms with Crippen molar-refractivity contribution in [3.63, 3.8) is 0 Å². The number of phenolic OH excluding ortho intramolecular Hbond substituents is 1. The summed E-state index contributed by atoms with van der Waals surface area (Å²) in [5.41, 5.74) is 0.688. The van der Waals surface area contributed by atoms with E-state index >= 15 is 0 Å². The van der Waals surface area contributed by atoms with Crippen molar-refractivity contribution in [2.45, 2.75) is 0 Å². The van der Waals surface area contributed by atoms with E-state index < -0.39 is 5.97 Å². The number of carbonyl (C=O) groups excluding carboxylic acids is 1. The van der Waals surface area contributed by atoms with E-state index in [1.807, 2.05) is 0 Å². The van der Waals surface area contributed by atoms with E-state index in [0.29, 0.717) is 11.3 Å². The van der Waals surface area contributed by atoms with E-state index in [4.69, 9.17) is 14.6 Å². The summed E-state index contributed by atoms with van der Waals surface area (Å²) in [5.74, 6) is 5.58. The topological polar surface area (TPSA) is 55.8 Å². The van der Waals surface area contributed by atoms with Crippen LogP contribution in [-0.2, 0) is 4.79 Å². The second-order valence-corrected chi connectivity index (χ2v) is 3.86. The minimum absolute atomic E-state index is 0.106. The molecule has 100 valence electrons. The molecule has 0 saturated carbocycles. The van der Waals surface area contributed by atoms with E-state index in [1.54, 1.807) is 31.4 Å². The maximum atomic E-state index is 11.5. The lowest BCUT2D eigenvalue weighted by Crippen LogP contribution is -2.04. The molecule has 0 amide bonds. The zero-order valence-electron chi connectivity index (χ0n) is 10.8. The highest BCUT2D eigenvalue weighted by molar-refractivity contribution is 5.90. The van der Waals surface area contributed by atoms with Gasteiger partial charge in [-0.2, -0.15) is 0 Å². The number of ether oxygens (including phenoxy) is 2. The summed E-state index contributed by atoms with van der Waals surface area (Å²) in [5, 5.41) is 9.11. The molecular formula is C16H12O4. The molecule has 0 atom stereocenters. The molecule has 0 radical (unpaired) electrons. The third-order valence-corrected chi connectivity index (χ3v) is 2.45. The molecule has 2 aromatic rings. The van der Waals surface area contributed by atoms with Crippen LogP contribution in [0.2, 0.25) is 0 Å². The largest absolute Gasteiger partial charge is 0.508 e. The lowest BCUT2D eigenvalue weighted by atomic mass is 10.2. The highest BCUT2D eigenvalue weighted by Gasteiger charge is 2.00. The van der Waals surface area contributed by atoms with Crippen LogP contribution in [0.15, 0.2) is 48.5 Å². The van der Waals surface area contributed by atoms with Gasteiger partial charge in [0, 0.05) is 11.5 Å². The number of benzene rings is 2. The van der Waals surface area contributed by atoms with Gasteiger partial charge < -0.3 is 14.6 Å². The number of rotatable bonds is 2. The molecule has 0 heterocycles.